The van der Waals surface area contributed by atoms with Crippen molar-refractivity contribution in [2.75, 3.05) is 19.1 Å². The van der Waals surface area contributed by atoms with Gasteiger partial charge in [-0.15, -0.1) is 0 Å². The molecule has 116 valence electrons. The summed E-state index contributed by atoms with van der Waals surface area (Å²) in [4.78, 5) is 0. The Labute approximate surface area is 127 Å². The van der Waals surface area contributed by atoms with E-state index >= 15 is 0 Å². The Kier molecular flexibility index (Phi) is 5.30. The van der Waals surface area contributed by atoms with Crippen molar-refractivity contribution in [2.24, 2.45) is 5.10 Å². The number of rotatable bonds is 6. The van der Waals surface area contributed by atoms with Gasteiger partial charge in [0.2, 0.25) is 0 Å². The van der Waals surface area contributed by atoms with Gasteiger partial charge in [-0.3, -0.25) is 5.43 Å². The number of ether oxygens (including phenoxy) is 2. The average molecular weight is 306 g/mol. The molecule has 0 radical (unpaired) electrons. The lowest BCUT2D eigenvalue weighted by atomic mass is 10.2. The predicted molar refractivity (Wildman–Crippen MR) is 81.7 cm³/mol. The molecule has 0 fully saturated rings. The highest BCUT2D eigenvalue weighted by molar-refractivity contribution is 5.81. The maximum atomic E-state index is 13.4. The summed E-state index contributed by atoms with van der Waals surface area (Å²) in [5.74, 6) is -0.122. The summed E-state index contributed by atoms with van der Waals surface area (Å²) in [6, 6.07) is 8.53. The number of hydrogen-bond acceptors (Lipinski definition) is 4. The standard InChI is InChI=1S/C16H16F2N2O2/c1-3-22-15-7-4-11(8-16(15)21-2)10-19-20-14-6-5-12(17)9-13(14)18/h4-10,20H,3H2,1-2H3. The largest absolute Gasteiger partial charge is 0.493 e. The number of anilines is 1. The maximum absolute atomic E-state index is 13.4. The number of halogens is 2. The van der Waals surface area contributed by atoms with Gasteiger partial charge in [-0.25, -0.2) is 8.78 Å². The first kappa shape index (κ1) is 15.8. The summed E-state index contributed by atoms with van der Waals surface area (Å²) < 4.78 is 36.8. The highest BCUT2D eigenvalue weighted by Gasteiger charge is 2.04. The van der Waals surface area contributed by atoms with E-state index in [9.17, 15) is 8.78 Å². The van der Waals surface area contributed by atoms with Crippen molar-refractivity contribution in [3.05, 3.63) is 53.6 Å². The lowest BCUT2D eigenvalue weighted by Crippen LogP contribution is -1.97. The molecular formula is C16H16F2N2O2. The molecule has 0 aromatic heterocycles. The molecule has 2 aromatic rings. The van der Waals surface area contributed by atoms with Gasteiger partial charge >= 0.3 is 0 Å². The second kappa shape index (κ2) is 7.40. The van der Waals surface area contributed by atoms with Crippen LogP contribution in [-0.2, 0) is 0 Å². The van der Waals surface area contributed by atoms with Crippen LogP contribution in [0.2, 0.25) is 0 Å². The highest BCUT2D eigenvalue weighted by atomic mass is 19.1. The number of nitrogens with one attached hydrogen (secondary N) is 1. The minimum absolute atomic E-state index is 0.0931. The van der Waals surface area contributed by atoms with E-state index in [1.54, 1.807) is 25.3 Å². The highest BCUT2D eigenvalue weighted by Crippen LogP contribution is 2.27. The molecule has 0 atom stereocenters. The molecule has 0 aliphatic carbocycles. The van der Waals surface area contributed by atoms with Crippen molar-refractivity contribution in [3.63, 3.8) is 0 Å². The third-order valence-corrected chi connectivity index (χ3v) is 2.82. The maximum Gasteiger partial charge on any atom is 0.161 e. The molecule has 6 heteroatoms. The van der Waals surface area contributed by atoms with E-state index in [1.165, 1.54) is 12.3 Å². The molecule has 4 nitrogen and oxygen atoms in total. The van der Waals surface area contributed by atoms with Crippen molar-refractivity contribution in [1.29, 1.82) is 0 Å². The normalized spacial score (nSPS) is 10.7. The fourth-order valence-corrected chi connectivity index (χ4v) is 1.80. The van der Waals surface area contributed by atoms with Crippen molar-refractivity contribution in [3.8, 4) is 11.5 Å². The predicted octanol–water partition coefficient (Wildman–Crippen LogP) is 3.82. The van der Waals surface area contributed by atoms with Gasteiger partial charge in [0, 0.05) is 6.07 Å². The Morgan fingerprint density at radius 3 is 2.64 bits per heavy atom. The molecule has 0 saturated carbocycles. The van der Waals surface area contributed by atoms with E-state index in [4.69, 9.17) is 9.47 Å². The van der Waals surface area contributed by atoms with Crippen LogP contribution in [0.1, 0.15) is 12.5 Å². The fourth-order valence-electron chi connectivity index (χ4n) is 1.80. The summed E-state index contributed by atoms with van der Waals surface area (Å²) in [7, 11) is 1.55. The van der Waals surface area contributed by atoms with E-state index in [1.807, 2.05) is 6.92 Å². The van der Waals surface area contributed by atoms with Crippen LogP contribution in [0.3, 0.4) is 0 Å². The molecule has 2 aromatic carbocycles. The second-order valence-electron chi connectivity index (χ2n) is 4.34. The summed E-state index contributed by atoms with van der Waals surface area (Å²) in [5, 5.41) is 3.92. The van der Waals surface area contributed by atoms with Gasteiger partial charge in [-0.2, -0.15) is 5.10 Å². The van der Waals surface area contributed by atoms with Crippen LogP contribution in [0, 0.1) is 11.6 Å². The first-order valence-electron chi connectivity index (χ1n) is 6.69. The van der Waals surface area contributed by atoms with Gasteiger partial charge in [0.05, 0.1) is 25.6 Å². The van der Waals surface area contributed by atoms with E-state index in [2.05, 4.69) is 10.5 Å². The molecule has 0 aliphatic rings. The third-order valence-electron chi connectivity index (χ3n) is 2.82. The molecular weight excluding hydrogens is 290 g/mol. The van der Waals surface area contributed by atoms with Gasteiger partial charge < -0.3 is 9.47 Å². The van der Waals surface area contributed by atoms with Crippen LogP contribution in [0.15, 0.2) is 41.5 Å². The molecule has 2 rings (SSSR count). The zero-order chi connectivity index (χ0) is 15.9. The summed E-state index contributed by atoms with van der Waals surface area (Å²) >= 11 is 0. The first-order valence-corrected chi connectivity index (χ1v) is 6.69. The number of methoxy groups -OCH3 is 1. The average Bonchev–Trinajstić information content (AvgIpc) is 2.51. The zero-order valence-electron chi connectivity index (χ0n) is 12.3. The summed E-state index contributed by atoms with van der Waals surface area (Å²) in [6.07, 6.45) is 1.50. The number of nitrogens with zero attached hydrogens (tertiary/aromatic N) is 1. The van der Waals surface area contributed by atoms with Crippen molar-refractivity contribution in [2.45, 2.75) is 6.92 Å². The topological polar surface area (TPSA) is 42.8 Å². The Morgan fingerprint density at radius 1 is 1.14 bits per heavy atom. The number of hydrazone groups is 1. The van der Waals surface area contributed by atoms with E-state index in [0.29, 0.717) is 18.1 Å². The lowest BCUT2D eigenvalue weighted by Gasteiger charge is -2.09. The Morgan fingerprint density at radius 2 is 1.95 bits per heavy atom. The first-order chi connectivity index (χ1) is 10.6. The molecule has 0 bridgehead atoms. The number of benzene rings is 2. The monoisotopic (exact) mass is 306 g/mol. The Balaban J connectivity index is 2.09. The fraction of sp³-hybridized carbons (Fsp3) is 0.188. The molecule has 0 unspecified atom stereocenters. The molecule has 0 heterocycles. The third kappa shape index (κ3) is 3.94. The van der Waals surface area contributed by atoms with Gasteiger partial charge in [-0.05, 0) is 42.8 Å². The SMILES string of the molecule is CCOc1ccc(C=NNc2ccc(F)cc2F)cc1OC. The molecule has 22 heavy (non-hydrogen) atoms. The van der Waals surface area contributed by atoms with Crippen LogP contribution in [0.5, 0.6) is 11.5 Å². The second-order valence-corrected chi connectivity index (χ2v) is 4.34. The molecule has 0 amide bonds. The van der Waals surface area contributed by atoms with E-state index in [0.717, 1.165) is 17.7 Å². The van der Waals surface area contributed by atoms with Crippen molar-refractivity contribution >= 4 is 11.9 Å². The van der Waals surface area contributed by atoms with Crippen LogP contribution >= 0.6 is 0 Å². The molecule has 0 saturated heterocycles. The van der Waals surface area contributed by atoms with Crippen molar-refractivity contribution < 1.29 is 18.3 Å². The smallest absolute Gasteiger partial charge is 0.161 e. The summed E-state index contributed by atoms with van der Waals surface area (Å²) in [5.41, 5.74) is 3.36. The lowest BCUT2D eigenvalue weighted by molar-refractivity contribution is 0.311. The number of hydrogen-bond donors (Lipinski definition) is 1. The van der Waals surface area contributed by atoms with Crippen molar-refractivity contribution in [1.82, 2.24) is 0 Å². The van der Waals surface area contributed by atoms with Gasteiger partial charge in [0.15, 0.2) is 17.3 Å². The summed E-state index contributed by atoms with van der Waals surface area (Å²) in [6.45, 7) is 2.42. The van der Waals surface area contributed by atoms with Gasteiger partial charge in [-0.1, -0.05) is 0 Å². The molecule has 1 N–H and O–H groups in total. The Hall–Kier alpha value is -2.63. The van der Waals surface area contributed by atoms with Crippen LogP contribution < -0.4 is 14.9 Å². The van der Waals surface area contributed by atoms with E-state index in [-0.39, 0.29) is 5.69 Å². The van der Waals surface area contributed by atoms with Crippen LogP contribution in [0.4, 0.5) is 14.5 Å². The van der Waals surface area contributed by atoms with Gasteiger partial charge in [0.1, 0.15) is 5.82 Å². The quantitative estimate of drug-likeness (QED) is 0.652. The van der Waals surface area contributed by atoms with Crippen LogP contribution in [0.25, 0.3) is 0 Å². The minimum atomic E-state index is -0.707. The molecule has 0 spiro atoms. The minimum Gasteiger partial charge on any atom is -0.493 e. The van der Waals surface area contributed by atoms with Gasteiger partial charge in [0.25, 0.3) is 0 Å². The van der Waals surface area contributed by atoms with Crippen LogP contribution in [-0.4, -0.2) is 19.9 Å². The zero-order valence-corrected chi connectivity index (χ0v) is 12.3. The van der Waals surface area contributed by atoms with E-state index < -0.39 is 11.6 Å². The molecule has 0 aliphatic heterocycles. The Bertz CT molecular complexity index is 675.